The van der Waals surface area contributed by atoms with Gasteiger partial charge in [0, 0.05) is 24.0 Å². The topological polar surface area (TPSA) is 204 Å². The molecule has 13 nitrogen and oxygen atoms in total. The van der Waals surface area contributed by atoms with E-state index in [1.807, 2.05) is 5.32 Å². The fourth-order valence-electron chi connectivity index (χ4n) is 4.92. The molecule has 2 aromatic carbocycles. The molecule has 0 bridgehead atoms. The van der Waals surface area contributed by atoms with Gasteiger partial charge in [0.1, 0.15) is 18.1 Å². The van der Waals surface area contributed by atoms with E-state index in [9.17, 15) is 55.4 Å². The third-order valence-electron chi connectivity index (χ3n) is 7.87. The van der Waals surface area contributed by atoms with Crippen molar-refractivity contribution in [3.8, 4) is 0 Å². The van der Waals surface area contributed by atoms with Crippen LogP contribution in [0.25, 0.3) is 0 Å². The molecule has 5 atom stereocenters. The zero-order chi connectivity index (χ0) is 38.3. The quantitative estimate of drug-likeness (QED) is 0.143. The maximum absolute atomic E-state index is 13.5. The first-order valence-electron chi connectivity index (χ1n) is 15.6. The normalized spacial score (nSPS) is 16.6. The summed E-state index contributed by atoms with van der Waals surface area (Å²) < 4.78 is 80.3. The molecule has 278 valence electrons. The highest BCUT2D eigenvalue weighted by atomic mass is 19.4. The molecule has 1 heterocycles. The summed E-state index contributed by atoms with van der Waals surface area (Å²) in [4.78, 5) is 64.1. The minimum absolute atomic E-state index is 0.145. The fourth-order valence-corrected chi connectivity index (χ4v) is 4.92. The summed E-state index contributed by atoms with van der Waals surface area (Å²) >= 11 is 0. The average Bonchev–Trinajstić information content (AvgIpc) is 3.87. The van der Waals surface area contributed by atoms with E-state index in [1.54, 1.807) is 44.2 Å². The number of nitrogens with two attached hydrogens (primary N) is 1. The number of aliphatic hydroxyl groups is 1. The summed E-state index contributed by atoms with van der Waals surface area (Å²) in [6, 6.07) is 6.50. The van der Waals surface area contributed by atoms with Gasteiger partial charge in [0.25, 0.3) is 5.91 Å². The van der Waals surface area contributed by atoms with Gasteiger partial charge in [-0.05, 0) is 37.0 Å². The molecule has 5 amide bonds. The maximum atomic E-state index is 13.5. The number of benzene rings is 2. The van der Waals surface area contributed by atoms with Gasteiger partial charge in [-0.2, -0.15) is 26.3 Å². The Labute approximate surface area is 287 Å². The molecule has 7 N–H and O–H groups in total. The van der Waals surface area contributed by atoms with Gasteiger partial charge in [0.15, 0.2) is 6.10 Å². The van der Waals surface area contributed by atoms with Crippen LogP contribution in [0.4, 0.5) is 26.3 Å². The molecule has 0 spiro atoms. The molecule has 19 heteroatoms. The van der Waals surface area contributed by atoms with E-state index >= 15 is 0 Å². The van der Waals surface area contributed by atoms with Gasteiger partial charge in [0.2, 0.25) is 23.6 Å². The van der Waals surface area contributed by atoms with Crippen LogP contribution in [-0.4, -0.2) is 77.3 Å². The summed E-state index contributed by atoms with van der Waals surface area (Å²) in [5.41, 5.74) is 2.13. The molecule has 1 aliphatic heterocycles. The highest BCUT2D eigenvalue weighted by Gasteiger charge is 2.65. The van der Waals surface area contributed by atoms with Gasteiger partial charge in [-0.1, -0.05) is 56.3 Å². The van der Waals surface area contributed by atoms with Crippen LogP contribution in [0.3, 0.4) is 0 Å². The van der Waals surface area contributed by atoms with Crippen LogP contribution >= 0.6 is 0 Å². The number of rotatable bonds is 16. The molecular weight excluding hydrogens is 692 g/mol. The van der Waals surface area contributed by atoms with Gasteiger partial charge >= 0.3 is 18.0 Å². The number of nitrogens with one attached hydrogen (secondary N) is 4. The first kappa shape index (κ1) is 40.4. The summed E-state index contributed by atoms with van der Waals surface area (Å²) in [5, 5.41) is 25.2. The molecule has 0 aliphatic carbocycles. The molecule has 0 fully saturated rings. The van der Waals surface area contributed by atoms with E-state index in [-0.39, 0.29) is 12.0 Å². The molecule has 0 radical (unpaired) electrons. The number of halogens is 6. The number of amides is 5. The molecule has 51 heavy (non-hydrogen) atoms. The zero-order valence-electron chi connectivity index (χ0n) is 27.5. The largest absolute Gasteiger partial charge is 0.442 e. The van der Waals surface area contributed by atoms with Crippen LogP contribution in [0.5, 0.6) is 0 Å². The smallest absolute Gasteiger partial charge is 0.382 e. The lowest BCUT2D eigenvalue weighted by atomic mass is 9.98. The Kier molecular flexibility index (Phi) is 12.9. The Hall–Kier alpha value is -5.07. The van der Waals surface area contributed by atoms with Crippen LogP contribution in [0.15, 0.2) is 64.8 Å². The van der Waals surface area contributed by atoms with Crippen LogP contribution in [0, 0.1) is 5.92 Å². The van der Waals surface area contributed by atoms with Crippen LogP contribution < -0.4 is 27.0 Å². The lowest BCUT2D eigenvalue weighted by Crippen LogP contribution is -2.59. The monoisotopic (exact) mass is 729 g/mol. The van der Waals surface area contributed by atoms with Gasteiger partial charge in [-0.3, -0.25) is 24.0 Å². The van der Waals surface area contributed by atoms with Crippen molar-refractivity contribution in [2.24, 2.45) is 21.9 Å². The minimum atomic E-state index is -5.16. The number of primary amides is 1. The molecule has 0 saturated carbocycles. The predicted molar refractivity (Wildman–Crippen MR) is 167 cm³/mol. The van der Waals surface area contributed by atoms with E-state index in [4.69, 9.17) is 5.73 Å². The van der Waals surface area contributed by atoms with Gasteiger partial charge in [0.05, 0.1) is 6.04 Å². The summed E-state index contributed by atoms with van der Waals surface area (Å²) in [6.07, 6.45) is -14.4. The average molecular weight is 730 g/mol. The predicted octanol–water partition coefficient (Wildman–Crippen LogP) is 2.53. The van der Waals surface area contributed by atoms with E-state index in [2.05, 4.69) is 26.2 Å². The second-order valence-corrected chi connectivity index (χ2v) is 12.2. The molecule has 1 aliphatic rings. The lowest BCUT2D eigenvalue weighted by Gasteiger charge is -2.28. The van der Waals surface area contributed by atoms with E-state index in [0.717, 1.165) is 19.1 Å². The number of hydrogen-bond acceptors (Lipinski definition) is 8. The van der Waals surface area contributed by atoms with Crippen molar-refractivity contribution < 1.29 is 55.4 Å². The molecule has 0 saturated heterocycles. The number of aliphatic hydroxyl groups excluding tert-OH is 1. The number of nitrogens with zero attached hydrogens (tertiary/aromatic N) is 2. The van der Waals surface area contributed by atoms with E-state index in [1.165, 1.54) is 12.1 Å². The van der Waals surface area contributed by atoms with Gasteiger partial charge in [-0.25, -0.2) is 0 Å². The third-order valence-corrected chi connectivity index (χ3v) is 7.87. The Balaban J connectivity index is 1.77. The number of carbonyl (C=O) groups excluding carboxylic acids is 5. The number of carbonyl (C=O) groups is 5. The maximum Gasteiger partial charge on any atom is 0.442 e. The van der Waals surface area contributed by atoms with Crippen molar-refractivity contribution >= 4 is 29.5 Å². The first-order valence-corrected chi connectivity index (χ1v) is 15.6. The van der Waals surface area contributed by atoms with Crippen molar-refractivity contribution in [1.82, 2.24) is 21.3 Å². The Morgan fingerprint density at radius 3 is 1.98 bits per heavy atom. The second-order valence-electron chi connectivity index (χ2n) is 12.2. The number of hydrogen-bond donors (Lipinski definition) is 6. The van der Waals surface area contributed by atoms with Crippen molar-refractivity contribution in [3.63, 3.8) is 0 Å². The van der Waals surface area contributed by atoms with Gasteiger partial charge < -0.3 is 32.1 Å². The molecular formula is C32H37F6N7O6. The van der Waals surface area contributed by atoms with Crippen molar-refractivity contribution in [2.45, 2.75) is 88.3 Å². The highest BCUT2D eigenvalue weighted by molar-refractivity contribution is 5.99. The molecule has 2 unspecified atom stereocenters. The summed E-state index contributed by atoms with van der Waals surface area (Å²) in [7, 11) is 0. The van der Waals surface area contributed by atoms with Crippen molar-refractivity contribution in [1.29, 1.82) is 0 Å². The summed E-state index contributed by atoms with van der Waals surface area (Å²) in [6.45, 7) is 4.25. The Bertz CT molecular complexity index is 1610. The summed E-state index contributed by atoms with van der Waals surface area (Å²) in [5.74, 6) is -5.48. The van der Waals surface area contributed by atoms with E-state index < -0.39 is 102 Å². The number of alkyl halides is 6. The highest BCUT2D eigenvalue weighted by Crippen LogP contribution is 2.52. The second kappa shape index (κ2) is 16.3. The third kappa shape index (κ3) is 10.7. The first-order chi connectivity index (χ1) is 23.7. The Morgan fingerprint density at radius 2 is 1.45 bits per heavy atom. The standard InChI is InChI=1S/C32H37F6N7O6/c1-16(2)24(43-27(49)19-10-7-11-20(15-19)30(44-45-30)32(36,37)38)29(51)42-22(14-18-8-5-4-6-9-18)28(50)40-17(3)26(48)41-21(12-13-23(39)46)25(47)31(33,34)35/h4-11,15-17,21-22,24-25,47H,12-14H2,1-3H3,(H2,39,46)(H,40,50)(H,41,48)(H,42,51)(H,43,49)/t17-,21?,22-,24-,25?/m0/s1. The van der Waals surface area contributed by atoms with Crippen molar-refractivity contribution in [3.05, 3.63) is 71.3 Å². The van der Waals surface area contributed by atoms with Crippen LogP contribution in [0.2, 0.25) is 0 Å². The minimum Gasteiger partial charge on any atom is -0.382 e. The van der Waals surface area contributed by atoms with E-state index in [0.29, 0.717) is 5.56 Å². The molecule has 0 aromatic heterocycles. The van der Waals surface area contributed by atoms with Crippen molar-refractivity contribution in [2.75, 3.05) is 0 Å². The SMILES string of the molecule is CC(C)[C@H](NC(=O)c1cccc(C2(C(F)(F)F)N=N2)c1)C(=O)N[C@@H](Cc1ccccc1)C(=O)N[C@@H](C)C(=O)NC(CCC(N)=O)C(O)C(F)(F)F. The lowest BCUT2D eigenvalue weighted by molar-refractivity contribution is -0.212. The molecule has 2 aromatic rings. The van der Waals surface area contributed by atoms with Crippen LogP contribution in [0.1, 0.15) is 55.1 Å². The van der Waals surface area contributed by atoms with Gasteiger partial charge in [-0.15, -0.1) is 10.2 Å². The Morgan fingerprint density at radius 1 is 0.824 bits per heavy atom. The van der Waals surface area contributed by atoms with Crippen LogP contribution in [-0.2, 0) is 31.3 Å². The molecule has 3 rings (SSSR count). The zero-order valence-corrected chi connectivity index (χ0v) is 27.5. The fraction of sp³-hybridized carbons (Fsp3) is 0.469.